The second kappa shape index (κ2) is 4.92. The smallest absolute Gasteiger partial charge is 0.335 e. The third-order valence-corrected chi connectivity index (χ3v) is 3.10. The molecule has 1 aliphatic rings. The van der Waals surface area contributed by atoms with E-state index in [1.54, 1.807) is 30.6 Å². The van der Waals surface area contributed by atoms with Gasteiger partial charge in [-0.1, -0.05) is 0 Å². The minimum Gasteiger partial charge on any atom is -0.490 e. The summed E-state index contributed by atoms with van der Waals surface area (Å²) in [5.74, 6) is -0.405. The fourth-order valence-corrected chi connectivity index (χ4v) is 1.86. The van der Waals surface area contributed by atoms with Crippen LogP contribution in [0, 0.1) is 6.92 Å². The number of aromatic carboxylic acids is 1. The molecule has 20 heavy (non-hydrogen) atoms. The molecular weight excluding hydrogens is 256 g/mol. The Morgan fingerprint density at radius 3 is 2.70 bits per heavy atom. The van der Waals surface area contributed by atoms with Crippen molar-refractivity contribution in [1.82, 2.24) is 9.97 Å². The van der Waals surface area contributed by atoms with Crippen molar-refractivity contribution in [2.45, 2.75) is 25.9 Å². The molecular formula is C15H14N2O3. The van der Waals surface area contributed by atoms with Crippen LogP contribution in [0.3, 0.4) is 0 Å². The van der Waals surface area contributed by atoms with Gasteiger partial charge in [-0.15, -0.1) is 0 Å². The summed E-state index contributed by atoms with van der Waals surface area (Å²) in [5.41, 5.74) is 2.50. The Labute approximate surface area is 116 Å². The summed E-state index contributed by atoms with van der Waals surface area (Å²) in [6.07, 6.45) is 5.56. The first-order valence-electron chi connectivity index (χ1n) is 6.46. The van der Waals surface area contributed by atoms with Gasteiger partial charge in [-0.05, 0) is 38.0 Å². The highest BCUT2D eigenvalue weighted by Crippen LogP contribution is 2.34. The maximum Gasteiger partial charge on any atom is 0.335 e. The summed E-state index contributed by atoms with van der Waals surface area (Å²) in [6.45, 7) is 1.87. The predicted octanol–water partition coefficient (Wildman–Crippen LogP) is 2.69. The Balaban J connectivity index is 2.03. The highest BCUT2D eigenvalue weighted by Gasteiger charge is 2.25. The third-order valence-electron chi connectivity index (χ3n) is 3.10. The van der Waals surface area contributed by atoms with Crippen molar-refractivity contribution in [1.29, 1.82) is 0 Å². The number of benzene rings is 1. The lowest BCUT2D eigenvalue weighted by molar-refractivity contribution is 0.0696. The zero-order valence-electron chi connectivity index (χ0n) is 11.0. The topological polar surface area (TPSA) is 72.3 Å². The molecule has 0 aliphatic heterocycles. The quantitative estimate of drug-likeness (QED) is 0.924. The number of aryl methyl sites for hydroxylation is 1. The SMILES string of the molecule is Cc1cnc(-c2ccc(C(=O)O)cc2OC2CC2)cn1. The lowest BCUT2D eigenvalue weighted by Gasteiger charge is -2.11. The molecule has 0 unspecified atom stereocenters. The van der Waals surface area contributed by atoms with E-state index in [9.17, 15) is 4.79 Å². The maximum atomic E-state index is 11.1. The van der Waals surface area contributed by atoms with Crippen LogP contribution in [0.2, 0.25) is 0 Å². The lowest BCUT2D eigenvalue weighted by atomic mass is 10.1. The van der Waals surface area contributed by atoms with Gasteiger partial charge < -0.3 is 9.84 Å². The molecule has 0 radical (unpaired) electrons. The largest absolute Gasteiger partial charge is 0.490 e. The van der Waals surface area contributed by atoms with Crippen molar-refractivity contribution in [3.63, 3.8) is 0 Å². The molecule has 5 nitrogen and oxygen atoms in total. The molecule has 0 amide bonds. The second-order valence-corrected chi connectivity index (χ2v) is 4.88. The van der Waals surface area contributed by atoms with Crippen LogP contribution in [0.25, 0.3) is 11.3 Å². The molecule has 1 N–H and O–H groups in total. The monoisotopic (exact) mass is 270 g/mol. The number of rotatable bonds is 4. The molecule has 3 rings (SSSR count). The van der Waals surface area contributed by atoms with Gasteiger partial charge in [0, 0.05) is 11.8 Å². The van der Waals surface area contributed by atoms with Crippen LogP contribution in [-0.2, 0) is 0 Å². The number of nitrogens with zero attached hydrogens (tertiary/aromatic N) is 2. The van der Waals surface area contributed by atoms with Crippen LogP contribution >= 0.6 is 0 Å². The minimum absolute atomic E-state index is 0.191. The molecule has 0 bridgehead atoms. The molecule has 1 aromatic heterocycles. The average molecular weight is 270 g/mol. The molecule has 1 fully saturated rings. The van der Waals surface area contributed by atoms with Crippen molar-refractivity contribution >= 4 is 5.97 Å². The fraction of sp³-hybridized carbons (Fsp3) is 0.267. The molecule has 0 saturated heterocycles. The summed E-state index contributed by atoms with van der Waals surface area (Å²) < 4.78 is 5.80. The van der Waals surface area contributed by atoms with E-state index < -0.39 is 5.97 Å². The highest BCUT2D eigenvalue weighted by molar-refractivity contribution is 5.89. The summed E-state index contributed by atoms with van der Waals surface area (Å²) in [5, 5.41) is 9.07. The number of ether oxygens (including phenoxy) is 1. The van der Waals surface area contributed by atoms with Crippen LogP contribution in [0.1, 0.15) is 28.9 Å². The Morgan fingerprint density at radius 2 is 2.10 bits per heavy atom. The lowest BCUT2D eigenvalue weighted by Crippen LogP contribution is -2.02. The summed E-state index contributed by atoms with van der Waals surface area (Å²) in [6, 6.07) is 4.83. The fourth-order valence-electron chi connectivity index (χ4n) is 1.86. The van der Waals surface area contributed by atoms with Crippen LogP contribution in [0.15, 0.2) is 30.6 Å². The number of carboxylic acid groups (broad SMARTS) is 1. The van der Waals surface area contributed by atoms with Crippen LogP contribution in [0.5, 0.6) is 5.75 Å². The van der Waals surface area contributed by atoms with Gasteiger partial charge in [0.1, 0.15) is 5.75 Å². The van der Waals surface area contributed by atoms with Gasteiger partial charge in [0.2, 0.25) is 0 Å². The standard InChI is InChI=1S/C15H14N2O3/c1-9-7-17-13(8-16-9)12-5-2-10(15(18)19)6-14(12)20-11-3-4-11/h2,5-8,11H,3-4H2,1H3,(H,18,19). The van der Waals surface area contributed by atoms with E-state index in [2.05, 4.69) is 9.97 Å². The van der Waals surface area contributed by atoms with Crippen molar-refractivity contribution < 1.29 is 14.6 Å². The predicted molar refractivity (Wildman–Crippen MR) is 72.8 cm³/mol. The normalized spacial score (nSPS) is 14.1. The van der Waals surface area contributed by atoms with Crippen LogP contribution < -0.4 is 4.74 Å². The van der Waals surface area contributed by atoms with E-state index in [4.69, 9.17) is 9.84 Å². The minimum atomic E-state index is -0.966. The van der Waals surface area contributed by atoms with E-state index >= 15 is 0 Å². The van der Waals surface area contributed by atoms with Crippen molar-refractivity contribution in [2.75, 3.05) is 0 Å². The molecule has 1 aromatic carbocycles. The summed E-state index contributed by atoms with van der Waals surface area (Å²) >= 11 is 0. The van der Waals surface area contributed by atoms with Crippen molar-refractivity contribution in [2.24, 2.45) is 0 Å². The molecule has 102 valence electrons. The summed E-state index contributed by atoms with van der Waals surface area (Å²) in [7, 11) is 0. The molecule has 1 aliphatic carbocycles. The van der Waals surface area contributed by atoms with Gasteiger partial charge in [0.25, 0.3) is 0 Å². The number of hydrogen-bond acceptors (Lipinski definition) is 4. The van der Waals surface area contributed by atoms with Gasteiger partial charge in [-0.25, -0.2) is 4.79 Å². The summed E-state index contributed by atoms with van der Waals surface area (Å²) in [4.78, 5) is 19.6. The first kappa shape index (κ1) is 12.6. The van der Waals surface area contributed by atoms with Gasteiger partial charge in [0.15, 0.2) is 0 Å². The van der Waals surface area contributed by atoms with Gasteiger partial charge in [-0.2, -0.15) is 0 Å². The Morgan fingerprint density at radius 1 is 1.30 bits per heavy atom. The van der Waals surface area contributed by atoms with E-state index in [-0.39, 0.29) is 11.7 Å². The zero-order chi connectivity index (χ0) is 14.1. The molecule has 1 saturated carbocycles. The Kier molecular flexibility index (Phi) is 3.10. The van der Waals surface area contributed by atoms with Crippen molar-refractivity contribution in [3.05, 3.63) is 41.9 Å². The number of hydrogen-bond donors (Lipinski definition) is 1. The molecule has 5 heteroatoms. The Bertz CT molecular complexity index is 649. The van der Waals surface area contributed by atoms with E-state index in [1.165, 1.54) is 0 Å². The third kappa shape index (κ3) is 2.61. The number of carbonyl (C=O) groups is 1. The van der Waals surface area contributed by atoms with Crippen LogP contribution in [0.4, 0.5) is 0 Å². The molecule has 1 heterocycles. The average Bonchev–Trinajstić information content (AvgIpc) is 3.24. The van der Waals surface area contributed by atoms with E-state index in [0.29, 0.717) is 11.4 Å². The first-order valence-corrected chi connectivity index (χ1v) is 6.46. The Hall–Kier alpha value is -2.43. The molecule has 0 atom stereocenters. The maximum absolute atomic E-state index is 11.1. The van der Waals surface area contributed by atoms with Crippen LogP contribution in [-0.4, -0.2) is 27.1 Å². The van der Waals surface area contributed by atoms with E-state index in [0.717, 1.165) is 24.1 Å². The number of aromatic nitrogens is 2. The zero-order valence-corrected chi connectivity index (χ0v) is 11.0. The molecule has 0 spiro atoms. The molecule has 2 aromatic rings. The van der Waals surface area contributed by atoms with E-state index in [1.807, 2.05) is 6.92 Å². The second-order valence-electron chi connectivity index (χ2n) is 4.88. The van der Waals surface area contributed by atoms with Gasteiger partial charge >= 0.3 is 5.97 Å². The first-order chi connectivity index (χ1) is 9.63. The number of carboxylic acids is 1. The highest BCUT2D eigenvalue weighted by atomic mass is 16.5. The van der Waals surface area contributed by atoms with Gasteiger partial charge in [0.05, 0.1) is 29.3 Å². The van der Waals surface area contributed by atoms with Crippen molar-refractivity contribution in [3.8, 4) is 17.0 Å². The van der Waals surface area contributed by atoms with Gasteiger partial charge in [-0.3, -0.25) is 9.97 Å².